The van der Waals surface area contributed by atoms with Crippen LogP contribution >= 0.6 is 11.6 Å². The minimum Gasteiger partial charge on any atom is -0.398 e. The van der Waals surface area contributed by atoms with Gasteiger partial charge in [0.2, 0.25) is 0 Å². The van der Waals surface area contributed by atoms with Gasteiger partial charge in [-0.05, 0) is 18.2 Å². The summed E-state index contributed by atoms with van der Waals surface area (Å²) in [7, 11) is 0. The molecular formula is C13H9ClN2O3. The first-order valence-corrected chi connectivity index (χ1v) is 5.71. The van der Waals surface area contributed by atoms with Crippen molar-refractivity contribution < 1.29 is 9.72 Å². The molecule has 0 unspecified atom stereocenters. The minimum atomic E-state index is -0.575. The molecule has 0 aromatic heterocycles. The first kappa shape index (κ1) is 13.0. The van der Waals surface area contributed by atoms with Crippen LogP contribution in [0.25, 0.3) is 0 Å². The van der Waals surface area contributed by atoms with E-state index in [1.807, 2.05) is 0 Å². The zero-order valence-electron chi connectivity index (χ0n) is 9.67. The summed E-state index contributed by atoms with van der Waals surface area (Å²) in [4.78, 5) is 22.4. The summed E-state index contributed by atoms with van der Waals surface area (Å²) in [6.45, 7) is 0. The monoisotopic (exact) mass is 276 g/mol. The molecule has 0 radical (unpaired) electrons. The van der Waals surface area contributed by atoms with Crippen LogP contribution in [0.3, 0.4) is 0 Å². The molecular weight excluding hydrogens is 268 g/mol. The van der Waals surface area contributed by atoms with Gasteiger partial charge in [-0.15, -0.1) is 0 Å². The van der Waals surface area contributed by atoms with E-state index in [9.17, 15) is 14.9 Å². The molecule has 0 bridgehead atoms. The van der Waals surface area contributed by atoms with Crippen molar-refractivity contribution in [3.8, 4) is 0 Å². The number of halogens is 1. The Morgan fingerprint density at radius 3 is 2.58 bits per heavy atom. The number of benzene rings is 2. The first-order chi connectivity index (χ1) is 8.99. The Bertz CT molecular complexity index is 671. The van der Waals surface area contributed by atoms with Crippen molar-refractivity contribution in [1.29, 1.82) is 0 Å². The van der Waals surface area contributed by atoms with Gasteiger partial charge < -0.3 is 5.73 Å². The Kier molecular flexibility index (Phi) is 3.48. The van der Waals surface area contributed by atoms with E-state index in [0.717, 1.165) is 0 Å². The molecule has 2 N–H and O–H groups in total. The molecule has 0 aliphatic heterocycles. The van der Waals surface area contributed by atoms with Crippen LogP contribution < -0.4 is 5.73 Å². The van der Waals surface area contributed by atoms with Crippen molar-refractivity contribution in [2.45, 2.75) is 0 Å². The number of anilines is 1. The zero-order chi connectivity index (χ0) is 14.0. The van der Waals surface area contributed by atoms with E-state index in [2.05, 4.69) is 0 Å². The third kappa shape index (κ3) is 2.71. The van der Waals surface area contributed by atoms with Gasteiger partial charge in [0.25, 0.3) is 5.69 Å². The SMILES string of the molecule is Nc1ccc([N+](=O)[O-])cc1C(=O)c1cccc(Cl)c1. The Labute approximate surface area is 113 Å². The number of nitrogens with two attached hydrogens (primary N) is 1. The van der Waals surface area contributed by atoms with Crippen molar-refractivity contribution in [2.75, 3.05) is 5.73 Å². The maximum absolute atomic E-state index is 12.2. The Balaban J connectivity index is 2.49. The molecule has 0 atom stereocenters. The van der Waals surface area contributed by atoms with E-state index in [1.54, 1.807) is 18.2 Å². The summed E-state index contributed by atoms with van der Waals surface area (Å²) in [5, 5.41) is 11.1. The Morgan fingerprint density at radius 1 is 1.21 bits per heavy atom. The molecule has 0 saturated carbocycles. The molecule has 0 saturated heterocycles. The van der Waals surface area contributed by atoms with E-state index in [1.165, 1.54) is 24.3 Å². The average molecular weight is 277 g/mol. The van der Waals surface area contributed by atoms with Gasteiger partial charge in [0, 0.05) is 28.4 Å². The highest BCUT2D eigenvalue weighted by Gasteiger charge is 2.16. The first-order valence-electron chi connectivity index (χ1n) is 5.33. The second-order valence-electron chi connectivity index (χ2n) is 3.87. The number of non-ortho nitro benzene ring substituents is 1. The van der Waals surface area contributed by atoms with Gasteiger partial charge in [-0.1, -0.05) is 23.7 Å². The van der Waals surface area contributed by atoms with Crippen LogP contribution in [0.15, 0.2) is 42.5 Å². The lowest BCUT2D eigenvalue weighted by molar-refractivity contribution is -0.384. The van der Waals surface area contributed by atoms with Crippen LogP contribution in [0.2, 0.25) is 5.02 Å². The van der Waals surface area contributed by atoms with Crippen molar-refractivity contribution in [3.63, 3.8) is 0 Å². The van der Waals surface area contributed by atoms with E-state index in [-0.39, 0.29) is 16.9 Å². The van der Waals surface area contributed by atoms with Crippen LogP contribution in [0, 0.1) is 10.1 Å². The van der Waals surface area contributed by atoms with Gasteiger partial charge in [0.05, 0.1) is 10.5 Å². The van der Waals surface area contributed by atoms with Gasteiger partial charge in [-0.3, -0.25) is 14.9 Å². The number of nitrogen functional groups attached to an aromatic ring is 1. The number of hydrogen-bond acceptors (Lipinski definition) is 4. The van der Waals surface area contributed by atoms with Gasteiger partial charge in [-0.2, -0.15) is 0 Å². The quantitative estimate of drug-likeness (QED) is 0.404. The van der Waals surface area contributed by atoms with Gasteiger partial charge in [-0.25, -0.2) is 0 Å². The number of nitrogens with zero attached hydrogens (tertiary/aromatic N) is 1. The van der Waals surface area contributed by atoms with Crippen molar-refractivity contribution in [1.82, 2.24) is 0 Å². The van der Waals surface area contributed by atoms with Crippen LogP contribution in [0.1, 0.15) is 15.9 Å². The number of hydrogen-bond donors (Lipinski definition) is 1. The molecule has 5 nitrogen and oxygen atoms in total. The van der Waals surface area contributed by atoms with Gasteiger partial charge in [0.1, 0.15) is 0 Å². The van der Waals surface area contributed by atoms with Crippen LogP contribution in [-0.2, 0) is 0 Å². The fourth-order valence-electron chi connectivity index (χ4n) is 1.64. The van der Waals surface area contributed by atoms with Crippen LogP contribution in [-0.4, -0.2) is 10.7 Å². The molecule has 0 heterocycles. The van der Waals surface area contributed by atoms with Gasteiger partial charge >= 0.3 is 0 Å². The number of rotatable bonds is 3. The summed E-state index contributed by atoms with van der Waals surface area (Å²) >= 11 is 5.81. The normalized spacial score (nSPS) is 10.2. The summed E-state index contributed by atoms with van der Waals surface area (Å²) in [5.41, 5.74) is 6.13. The zero-order valence-corrected chi connectivity index (χ0v) is 10.4. The second kappa shape index (κ2) is 5.07. The van der Waals surface area contributed by atoms with E-state index in [4.69, 9.17) is 17.3 Å². The summed E-state index contributed by atoms with van der Waals surface area (Å²) in [6.07, 6.45) is 0. The molecule has 2 aromatic carbocycles. The molecule has 2 rings (SSSR count). The molecule has 96 valence electrons. The topological polar surface area (TPSA) is 86.2 Å². The Hall–Kier alpha value is -2.40. The molecule has 2 aromatic rings. The molecule has 0 amide bonds. The van der Waals surface area contributed by atoms with Crippen molar-refractivity contribution in [2.24, 2.45) is 0 Å². The molecule has 19 heavy (non-hydrogen) atoms. The molecule has 0 fully saturated rings. The molecule has 6 heteroatoms. The number of nitro groups is 1. The maximum Gasteiger partial charge on any atom is 0.270 e. The summed E-state index contributed by atoms with van der Waals surface area (Å²) in [6, 6.07) is 10.1. The molecule has 0 spiro atoms. The number of ketones is 1. The van der Waals surface area contributed by atoms with Crippen molar-refractivity contribution >= 4 is 28.8 Å². The van der Waals surface area contributed by atoms with Crippen LogP contribution in [0.5, 0.6) is 0 Å². The fraction of sp³-hybridized carbons (Fsp3) is 0. The third-order valence-corrected chi connectivity index (χ3v) is 2.81. The summed E-state index contributed by atoms with van der Waals surface area (Å²) in [5.74, 6) is -0.399. The van der Waals surface area contributed by atoms with Crippen LogP contribution in [0.4, 0.5) is 11.4 Å². The lowest BCUT2D eigenvalue weighted by Gasteiger charge is -2.05. The largest absolute Gasteiger partial charge is 0.398 e. The second-order valence-corrected chi connectivity index (χ2v) is 4.30. The fourth-order valence-corrected chi connectivity index (χ4v) is 1.83. The number of nitro benzene ring substituents is 1. The predicted octanol–water partition coefficient (Wildman–Crippen LogP) is 3.06. The maximum atomic E-state index is 12.2. The molecule has 0 aliphatic rings. The third-order valence-electron chi connectivity index (χ3n) is 2.58. The Morgan fingerprint density at radius 2 is 1.95 bits per heavy atom. The predicted molar refractivity (Wildman–Crippen MR) is 72.4 cm³/mol. The highest BCUT2D eigenvalue weighted by atomic mass is 35.5. The minimum absolute atomic E-state index is 0.0940. The average Bonchev–Trinajstić information content (AvgIpc) is 2.38. The van der Waals surface area contributed by atoms with Gasteiger partial charge in [0.15, 0.2) is 5.78 Å². The number of carbonyl (C=O) groups excluding carboxylic acids is 1. The number of carbonyl (C=O) groups is 1. The van der Waals surface area contributed by atoms with E-state index >= 15 is 0 Å². The highest BCUT2D eigenvalue weighted by molar-refractivity contribution is 6.31. The smallest absolute Gasteiger partial charge is 0.270 e. The molecule has 0 aliphatic carbocycles. The highest BCUT2D eigenvalue weighted by Crippen LogP contribution is 2.23. The van der Waals surface area contributed by atoms with E-state index < -0.39 is 10.7 Å². The standard InChI is InChI=1S/C13H9ClN2O3/c14-9-3-1-2-8(6-9)13(17)11-7-10(16(18)19)4-5-12(11)15/h1-7H,15H2. The lowest BCUT2D eigenvalue weighted by Crippen LogP contribution is -2.06. The lowest BCUT2D eigenvalue weighted by atomic mass is 10.0. The summed E-state index contributed by atoms with van der Waals surface area (Å²) < 4.78 is 0. The van der Waals surface area contributed by atoms with Crippen molar-refractivity contribution in [3.05, 3.63) is 68.7 Å². The van der Waals surface area contributed by atoms with E-state index in [0.29, 0.717) is 10.6 Å².